The number of aryl methyl sites for hydroxylation is 1. The SMILES string of the molecule is Cn1cc(N2C[CH]CC2)cn1. The number of rotatable bonds is 1. The normalized spacial score (nSPS) is 17.7. The van der Waals surface area contributed by atoms with Crippen molar-refractivity contribution in [3.63, 3.8) is 0 Å². The average molecular weight is 150 g/mol. The molecule has 3 nitrogen and oxygen atoms in total. The molecule has 2 rings (SSSR count). The molecule has 3 heteroatoms. The number of aromatic nitrogens is 2. The van der Waals surface area contributed by atoms with Gasteiger partial charge < -0.3 is 4.90 Å². The van der Waals surface area contributed by atoms with E-state index in [1.54, 1.807) is 0 Å². The third kappa shape index (κ3) is 1.23. The maximum atomic E-state index is 4.12. The molecule has 0 atom stereocenters. The predicted octanol–water partition coefficient (Wildman–Crippen LogP) is 0.834. The molecular weight excluding hydrogens is 138 g/mol. The lowest BCUT2D eigenvalue weighted by Gasteiger charge is -2.13. The predicted molar refractivity (Wildman–Crippen MR) is 44.3 cm³/mol. The van der Waals surface area contributed by atoms with Gasteiger partial charge in [-0.05, 0) is 12.8 Å². The van der Waals surface area contributed by atoms with Gasteiger partial charge in [0, 0.05) is 26.3 Å². The van der Waals surface area contributed by atoms with Gasteiger partial charge in [-0.25, -0.2) is 0 Å². The van der Waals surface area contributed by atoms with E-state index in [9.17, 15) is 0 Å². The summed E-state index contributed by atoms with van der Waals surface area (Å²) in [6.07, 6.45) is 7.47. The van der Waals surface area contributed by atoms with Crippen LogP contribution >= 0.6 is 0 Å². The molecule has 0 saturated carbocycles. The van der Waals surface area contributed by atoms with Crippen LogP contribution in [0.2, 0.25) is 0 Å². The van der Waals surface area contributed by atoms with Crippen molar-refractivity contribution in [2.24, 2.45) is 7.05 Å². The van der Waals surface area contributed by atoms with Crippen LogP contribution < -0.4 is 4.90 Å². The minimum Gasteiger partial charge on any atom is -0.369 e. The van der Waals surface area contributed by atoms with Crippen LogP contribution in [0.5, 0.6) is 0 Å². The molecule has 1 radical (unpaired) electrons. The summed E-state index contributed by atoms with van der Waals surface area (Å²) in [6, 6.07) is 0. The van der Waals surface area contributed by atoms with Crippen LogP contribution in [0.3, 0.4) is 0 Å². The molecule has 11 heavy (non-hydrogen) atoms. The number of anilines is 1. The summed E-state index contributed by atoms with van der Waals surface area (Å²) in [6.45, 7) is 2.22. The Hall–Kier alpha value is -0.990. The summed E-state index contributed by atoms with van der Waals surface area (Å²) < 4.78 is 1.84. The molecule has 0 aromatic carbocycles. The van der Waals surface area contributed by atoms with Crippen molar-refractivity contribution in [1.29, 1.82) is 0 Å². The second-order valence-electron chi connectivity index (χ2n) is 2.90. The van der Waals surface area contributed by atoms with E-state index in [0.717, 1.165) is 13.1 Å². The first-order chi connectivity index (χ1) is 5.36. The molecule has 2 heterocycles. The quantitative estimate of drug-likeness (QED) is 0.591. The molecular formula is C8H12N3. The first-order valence-corrected chi connectivity index (χ1v) is 3.91. The number of hydrogen-bond donors (Lipinski definition) is 0. The van der Waals surface area contributed by atoms with Crippen molar-refractivity contribution < 1.29 is 0 Å². The molecule has 1 aromatic rings. The maximum Gasteiger partial charge on any atom is 0.0752 e. The zero-order valence-corrected chi connectivity index (χ0v) is 6.70. The summed E-state index contributed by atoms with van der Waals surface area (Å²) in [5.41, 5.74) is 1.24. The Morgan fingerprint density at radius 2 is 2.45 bits per heavy atom. The molecule has 1 aliphatic rings. The second kappa shape index (κ2) is 2.57. The van der Waals surface area contributed by atoms with E-state index in [4.69, 9.17) is 0 Å². The highest BCUT2D eigenvalue weighted by atomic mass is 15.3. The Bertz CT molecular complexity index is 235. The van der Waals surface area contributed by atoms with Crippen molar-refractivity contribution >= 4 is 5.69 Å². The highest BCUT2D eigenvalue weighted by Gasteiger charge is 2.12. The van der Waals surface area contributed by atoms with Crippen LogP contribution in [0, 0.1) is 6.42 Å². The molecule has 0 spiro atoms. The smallest absolute Gasteiger partial charge is 0.0752 e. The largest absolute Gasteiger partial charge is 0.369 e. The summed E-state index contributed by atoms with van der Waals surface area (Å²) in [4.78, 5) is 2.33. The molecule has 0 aliphatic carbocycles. The average Bonchev–Trinajstić information content (AvgIpc) is 2.55. The Labute approximate surface area is 66.6 Å². The number of hydrogen-bond acceptors (Lipinski definition) is 2. The lowest BCUT2D eigenvalue weighted by atomic mass is 10.4. The van der Waals surface area contributed by atoms with Crippen LogP contribution in [0.15, 0.2) is 12.4 Å². The highest BCUT2D eigenvalue weighted by Crippen LogP contribution is 2.17. The molecule has 0 N–H and O–H groups in total. The van der Waals surface area contributed by atoms with E-state index in [-0.39, 0.29) is 0 Å². The van der Waals surface area contributed by atoms with Crippen LogP contribution in [0.4, 0.5) is 5.69 Å². The molecule has 0 bridgehead atoms. The summed E-state index contributed by atoms with van der Waals surface area (Å²) in [5, 5.41) is 4.12. The Morgan fingerprint density at radius 3 is 3.00 bits per heavy atom. The zero-order valence-electron chi connectivity index (χ0n) is 6.70. The number of nitrogens with zero attached hydrogens (tertiary/aromatic N) is 3. The Kier molecular flexibility index (Phi) is 1.56. The van der Waals surface area contributed by atoms with Crippen molar-refractivity contribution in [3.05, 3.63) is 18.8 Å². The lowest BCUT2D eigenvalue weighted by Crippen LogP contribution is -2.16. The minimum atomic E-state index is 1.08. The maximum absolute atomic E-state index is 4.12. The van der Waals surface area contributed by atoms with Gasteiger partial charge in [-0.1, -0.05) is 0 Å². The standard InChI is InChI=1S/C8H12N3/c1-10-7-8(6-9-10)11-4-2-3-5-11/h2,6-7H,3-5H2,1H3. The van der Waals surface area contributed by atoms with Gasteiger partial charge in [-0.2, -0.15) is 5.10 Å². The van der Waals surface area contributed by atoms with Gasteiger partial charge >= 0.3 is 0 Å². The van der Waals surface area contributed by atoms with E-state index in [0.29, 0.717) is 0 Å². The van der Waals surface area contributed by atoms with Gasteiger partial charge in [0.15, 0.2) is 0 Å². The Morgan fingerprint density at radius 1 is 1.55 bits per heavy atom. The second-order valence-corrected chi connectivity index (χ2v) is 2.90. The fourth-order valence-electron chi connectivity index (χ4n) is 1.39. The van der Waals surface area contributed by atoms with Gasteiger partial charge in [0.05, 0.1) is 11.9 Å². The first-order valence-electron chi connectivity index (χ1n) is 3.91. The fraction of sp³-hybridized carbons (Fsp3) is 0.500. The summed E-state index contributed by atoms with van der Waals surface area (Å²) in [7, 11) is 1.95. The van der Waals surface area contributed by atoms with E-state index in [1.165, 1.54) is 12.1 Å². The van der Waals surface area contributed by atoms with Crippen molar-refractivity contribution in [3.8, 4) is 0 Å². The van der Waals surface area contributed by atoms with Crippen LogP contribution in [0.1, 0.15) is 6.42 Å². The van der Waals surface area contributed by atoms with E-state index < -0.39 is 0 Å². The molecule has 0 amide bonds. The van der Waals surface area contributed by atoms with Gasteiger partial charge in [0.1, 0.15) is 0 Å². The van der Waals surface area contributed by atoms with Crippen molar-refractivity contribution in [1.82, 2.24) is 9.78 Å². The van der Waals surface area contributed by atoms with Gasteiger partial charge in [0.25, 0.3) is 0 Å². The fourth-order valence-corrected chi connectivity index (χ4v) is 1.39. The van der Waals surface area contributed by atoms with E-state index in [1.807, 2.05) is 17.9 Å². The summed E-state index contributed by atoms with van der Waals surface area (Å²) in [5.74, 6) is 0. The highest BCUT2D eigenvalue weighted by molar-refractivity contribution is 5.44. The molecule has 1 fully saturated rings. The third-order valence-electron chi connectivity index (χ3n) is 2.01. The Balaban J connectivity index is 2.15. The molecule has 1 aromatic heterocycles. The monoisotopic (exact) mass is 150 g/mol. The van der Waals surface area contributed by atoms with Crippen LogP contribution in [0.25, 0.3) is 0 Å². The first kappa shape index (κ1) is 6.70. The topological polar surface area (TPSA) is 21.1 Å². The molecule has 1 saturated heterocycles. The van der Waals surface area contributed by atoms with Crippen molar-refractivity contribution in [2.75, 3.05) is 18.0 Å². The van der Waals surface area contributed by atoms with Gasteiger partial charge in [-0.15, -0.1) is 0 Å². The van der Waals surface area contributed by atoms with Crippen LogP contribution in [-0.4, -0.2) is 22.9 Å². The molecule has 59 valence electrons. The van der Waals surface area contributed by atoms with Crippen LogP contribution in [-0.2, 0) is 7.05 Å². The van der Waals surface area contributed by atoms with Crippen molar-refractivity contribution in [2.45, 2.75) is 6.42 Å². The molecule has 0 unspecified atom stereocenters. The summed E-state index contributed by atoms with van der Waals surface area (Å²) >= 11 is 0. The molecule has 1 aliphatic heterocycles. The van der Waals surface area contributed by atoms with E-state index in [2.05, 4.69) is 22.6 Å². The van der Waals surface area contributed by atoms with Gasteiger partial charge in [0.2, 0.25) is 0 Å². The minimum absolute atomic E-state index is 1.08. The zero-order chi connectivity index (χ0) is 7.68. The van der Waals surface area contributed by atoms with Gasteiger partial charge in [-0.3, -0.25) is 4.68 Å². The lowest BCUT2D eigenvalue weighted by molar-refractivity contribution is 0.767. The third-order valence-corrected chi connectivity index (χ3v) is 2.01. The van der Waals surface area contributed by atoms with E-state index >= 15 is 0 Å².